The zero-order chi connectivity index (χ0) is 19.6. The minimum Gasteiger partial charge on any atom is -0.357 e. The Morgan fingerprint density at radius 1 is 1.14 bits per heavy atom. The summed E-state index contributed by atoms with van der Waals surface area (Å²) in [6.07, 6.45) is 5.25. The van der Waals surface area contributed by atoms with Crippen molar-refractivity contribution in [3.05, 3.63) is 48.0 Å². The number of aromatic nitrogens is 3. The maximum absolute atomic E-state index is 4.91. The molecule has 29 heavy (non-hydrogen) atoms. The number of halogens is 1. The number of nitrogens with one attached hydrogen (secondary N) is 2. The van der Waals surface area contributed by atoms with Crippen LogP contribution in [0, 0.1) is 0 Å². The molecular weight excluding hydrogens is 477 g/mol. The highest BCUT2D eigenvalue weighted by Gasteiger charge is 2.23. The smallest absolute Gasteiger partial charge is 0.191 e. The van der Waals surface area contributed by atoms with Gasteiger partial charge in [0.1, 0.15) is 12.2 Å². The molecule has 160 valence electrons. The Morgan fingerprint density at radius 2 is 1.90 bits per heavy atom. The molecule has 1 saturated heterocycles. The van der Waals surface area contributed by atoms with E-state index in [2.05, 4.69) is 74.5 Å². The van der Waals surface area contributed by atoms with Gasteiger partial charge < -0.3 is 15.2 Å². The number of hydrogen-bond acceptors (Lipinski definition) is 4. The standard InChI is InChI=1S/C21H33N7.HI/c1-3-20-26-25-17-28(20)15-12-23-21(22-4-2)24-16-19(27-13-8-9-14-27)18-10-6-5-7-11-18;/h5-7,10-11,17,19H,3-4,8-9,12-16H2,1-2H3,(H2,22,23,24);1H. The lowest BCUT2D eigenvalue weighted by molar-refractivity contribution is 0.251. The predicted octanol–water partition coefficient (Wildman–Crippen LogP) is 2.85. The van der Waals surface area contributed by atoms with Gasteiger partial charge in [-0.2, -0.15) is 0 Å². The lowest BCUT2D eigenvalue weighted by Crippen LogP contribution is -2.39. The molecule has 1 aromatic carbocycles. The number of benzene rings is 1. The average molecular weight is 511 g/mol. The lowest BCUT2D eigenvalue weighted by Gasteiger charge is -2.27. The van der Waals surface area contributed by atoms with Crippen LogP contribution in [0.5, 0.6) is 0 Å². The van der Waals surface area contributed by atoms with Crippen LogP contribution in [-0.2, 0) is 13.0 Å². The van der Waals surface area contributed by atoms with Gasteiger partial charge in [-0.3, -0.25) is 9.89 Å². The minimum atomic E-state index is 0. The summed E-state index contributed by atoms with van der Waals surface area (Å²) in [6, 6.07) is 11.1. The summed E-state index contributed by atoms with van der Waals surface area (Å²) in [5.74, 6) is 1.88. The van der Waals surface area contributed by atoms with Crippen LogP contribution in [-0.4, -0.2) is 58.3 Å². The zero-order valence-electron chi connectivity index (χ0n) is 17.5. The fourth-order valence-electron chi connectivity index (χ4n) is 3.71. The van der Waals surface area contributed by atoms with Gasteiger partial charge in [0.05, 0.1) is 12.6 Å². The molecule has 1 unspecified atom stereocenters. The van der Waals surface area contributed by atoms with Crippen LogP contribution in [0.2, 0.25) is 0 Å². The van der Waals surface area contributed by atoms with E-state index >= 15 is 0 Å². The quantitative estimate of drug-likeness (QED) is 0.308. The van der Waals surface area contributed by atoms with Crippen molar-refractivity contribution in [3.63, 3.8) is 0 Å². The third-order valence-corrected chi connectivity index (χ3v) is 5.19. The molecule has 2 heterocycles. The summed E-state index contributed by atoms with van der Waals surface area (Å²) in [5.41, 5.74) is 1.35. The van der Waals surface area contributed by atoms with Crippen molar-refractivity contribution in [1.82, 2.24) is 30.3 Å². The molecule has 1 aliphatic heterocycles. The van der Waals surface area contributed by atoms with Gasteiger partial charge in [-0.15, -0.1) is 34.2 Å². The summed E-state index contributed by atoms with van der Waals surface area (Å²) in [4.78, 5) is 7.47. The van der Waals surface area contributed by atoms with Gasteiger partial charge in [-0.1, -0.05) is 37.3 Å². The third kappa shape index (κ3) is 6.95. The highest BCUT2D eigenvalue weighted by molar-refractivity contribution is 14.0. The van der Waals surface area contributed by atoms with Crippen molar-refractivity contribution in [1.29, 1.82) is 0 Å². The van der Waals surface area contributed by atoms with Gasteiger partial charge in [-0.25, -0.2) is 0 Å². The van der Waals surface area contributed by atoms with Crippen LogP contribution < -0.4 is 10.6 Å². The molecular formula is C21H34IN7. The Labute approximate surface area is 191 Å². The van der Waals surface area contributed by atoms with E-state index in [9.17, 15) is 0 Å². The molecule has 1 atom stereocenters. The fraction of sp³-hybridized carbons (Fsp3) is 0.571. The molecule has 0 spiro atoms. The minimum absolute atomic E-state index is 0. The Kier molecular flexibility index (Phi) is 10.4. The molecule has 8 heteroatoms. The molecule has 0 radical (unpaired) electrons. The van der Waals surface area contributed by atoms with Crippen molar-refractivity contribution in [2.45, 2.75) is 45.7 Å². The van der Waals surface area contributed by atoms with Crippen LogP contribution in [0.1, 0.15) is 44.1 Å². The molecule has 1 aliphatic rings. The Bertz CT molecular complexity index is 726. The first kappa shape index (κ1) is 23.6. The molecule has 7 nitrogen and oxygen atoms in total. The maximum atomic E-state index is 4.91. The second kappa shape index (κ2) is 12.8. The number of aryl methyl sites for hydroxylation is 1. The molecule has 1 aromatic heterocycles. The van der Waals surface area contributed by atoms with Crippen LogP contribution in [0.4, 0.5) is 0 Å². The van der Waals surface area contributed by atoms with E-state index < -0.39 is 0 Å². The largest absolute Gasteiger partial charge is 0.357 e. The first-order chi connectivity index (χ1) is 13.8. The molecule has 0 bridgehead atoms. The van der Waals surface area contributed by atoms with E-state index in [0.717, 1.165) is 57.5 Å². The molecule has 3 rings (SSSR count). The van der Waals surface area contributed by atoms with Crippen LogP contribution in [0.25, 0.3) is 0 Å². The summed E-state index contributed by atoms with van der Waals surface area (Å²) >= 11 is 0. The SMILES string of the molecule is CCNC(=NCC(c1ccccc1)N1CCCC1)NCCn1cnnc1CC.I. The van der Waals surface area contributed by atoms with E-state index in [1.165, 1.54) is 18.4 Å². The molecule has 1 fully saturated rings. The number of rotatable bonds is 9. The van der Waals surface area contributed by atoms with E-state index in [1.807, 2.05) is 0 Å². The van der Waals surface area contributed by atoms with Crippen LogP contribution in [0.3, 0.4) is 0 Å². The van der Waals surface area contributed by atoms with Crippen molar-refractivity contribution < 1.29 is 0 Å². The van der Waals surface area contributed by atoms with Crippen molar-refractivity contribution in [2.75, 3.05) is 32.7 Å². The first-order valence-electron chi connectivity index (χ1n) is 10.5. The lowest BCUT2D eigenvalue weighted by atomic mass is 10.1. The molecule has 0 saturated carbocycles. The van der Waals surface area contributed by atoms with Crippen LogP contribution >= 0.6 is 24.0 Å². The first-order valence-corrected chi connectivity index (χ1v) is 10.5. The zero-order valence-corrected chi connectivity index (χ0v) is 19.9. The normalized spacial score (nSPS) is 15.7. The summed E-state index contributed by atoms with van der Waals surface area (Å²) in [6.45, 7) is 9.73. The van der Waals surface area contributed by atoms with Gasteiger partial charge in [0.15, 0.2) is 5.96 Å². The van der Waals surface area contributed by atoms with Gasteiger partial charge in [0.2, 0.25) is 0 Å². The summed E-state index contributed by atoms with van der Waals surface area (Å²) in [5, 5.41) is 15.0. The molecule has 2 aromatic rings. The highest BCUT2D eigenvalue weighted by atomic mass is 127. The van der Waals surface area contributed by atoms with E-state index in [-0.39, 0.29) is 24.0 Å². The number of hydrogen-bond donors (Lipinski definition) is 2. The monoisotopic (exact) mass is 511 g/mol. The average Bonchev–Trinajstić information content (AvgIpc) is 3.41. The van der Waals surface area contributed by atoms with E-state index in [1.54, 1.807) is 6.33 Å². The number of likely N-dealkylation sites (tertiary alicyclic amines) is 1. The molecule has 0 amide bonds. The second-order valence-corrected chi connectivity index (χ2v) is 7.11. The Morgan fingerprint density at radius 3 is 2.59 bits per heavy atom. The summed E-state index contributed by atoms with van der Waals surface area (Å²) in [7, 11) is 0. The van der Waals surface area contributed by atoms with Crippen LogP contribution in [0.15, 0.2) is 41.7 Å². The topological polar surface area (TPSA) is 70.4 Å². The van der Waals surface area contributed by atoms with Crippen molar-refractivity contribution >= 4 is 29.9 Å². The highest BCUT2D eigenvalue weighted by Crippen LogP contribution is 2.25. The Hall–Kier alpha value is -1.68. The molecule has 0 aliphatic carbocycles. The van der Waals surface area contributed by atoms with E-state index in [4.69, 9.17) is 4.99 Å². The second-order valence-electron chi connectivity index (χ2n) is 7.11. The molecule has 2 N–H and O–H groups in total. The van der Waals surface area contributed by atoms with Gasteiger partial charge in [-0.05, 0) is 38.4 Å². The fourth-order valence-corrected chi connectivity index (χ4v) is 3.71. The van der Waals surface area contributed by atoms with Gasteiger partial charge in [0.25, 0.3) is 0 Å². The summed E-state index contributed by atoms with van der Waals surface area (Å²) < 4.78 is 2.09. The van der Waals surface area contributed by atoms with E-state index in [0.29, 0.717) is 6.04 Å². The maximum Gasteiger partial charge on any atom is 0.191 e. The number of aliphatic imine (C=N–C) groups is 1. The number of guanidine groups is 1. The van der Waals surface area contributed by atoms with Crippen molar-refractivity contribution in [2.24, 2.45) is 4.99 Å². The van der Waals surface area contributed by atoms with Gasteiger partial charge >= 0.3 is 0 Å². The third-order valence-electron chi connectivity index (χ3n) is 5.19. The Balaban J connectivity index is 0.00000300. The van der Waals surface area contributed by atoms with Gasteiger partial charge in [0, 0.05) is 26.1 Å². The number of nitrogens with zero attached hydrogens (tertiary/aromatic N) is 5. The van der Waals surface area contributed by atoms with Crippen molar-refractivity contribution in [3.8, 4) is 0 Å². The predicted molar refractivity (Wildman–Crippen MR) is 129 cm³/mol.